The van der Waals surface area contributed by atoms with Gasteiger partial charge >= 0.3 is 0 Å². The lowest BCUT2D eigenvalue weighted by Gasteiger charge is -2.10. The summed E-state index contributed by atoms with van der Waals surface area (Å²) in [4.78, 5) is 19.7. The molecular weight excluding hydrogens is 440 g/mol. The van der Waals surface area contributed by atoms with Crippen LogP contribution in [0.5, 0.6) is 0 Å². The number of nitrogens with one attached hydrogen (secondary N) is 1. The van der Waals surface area contributed by atoms with Gasteiger partial charge in [-0.1, -0.05) is 33.6 Å². The number of nitriles is 1. The molecule has 0 unspecified atom stereocenters. The minimum absolute atomic E-state index is 0.262. The second kappa shape index (κ2) is 7.77. The van der Waals surface area contributed by atoms with E-state index < -0.39 is 0 Å². The highest BCUT2D eigenvalue weighted by Crippen LogP contribution is 2.25. The summed E-state index contributed by atoms with van der Waals surface area (Å²) in [6, 6.07) is 17.8. The molecule has 0 bridgehead atoms. The van der Waals surface area contributed by atoms with Crippen molar-refractivity contribution in [3.63, 3.8) is 0 Å². The molecule has 1 N–H and O–H groups in total. The zero-order valence-electron chi connectivity index (χ0n) is 16.8. The summed E-state index contributed by atoms with van der Waals surface area (Å²) < 4.78 is 2.95. The number of H-pyrrole nitrogens is 1. The van der Waals surface area contributed by atoms with Crippen molar-refractivity contribution >= 4 is 38.5 Å². The topological polar surface area (TPSA) is 74.5 Å². The Morgan fingerprint density at radius 3 is 2.57 bits per heavy atom. The monoisotopic (exact) mass is 458 g/mol. The van der Waals surface area contributed by atoms with Crippen LogP contribution in [0.3, 0.4) is 0 Å². The third kappa shape index (κ3) is 3.60. The van der Waals surface area contributed by atoms with Crippen molar-refractivity contribution in [2.24, 2.45) is 0 Å². The van der Waals surface area contributed by atoms with Gasteiger partial charge in [-0.05, 0) is 68.8 Å². The molecule has 4 rings (SSSR count). The predicted molar refractivity (Wildman–Crippen MR) is 124 cm³/mol. The van der Waals surface area contributed by atoms with Crippen LogP contribution in [-0.4, -0.2) is 14.5 Å². The summed E-state index contributed by atoms with van der Waals surface area (Å²) in [5.74, 6) is 0.262. The lowest BCUT2D eigenvalue weighted by atomic mass is 10.1. The molecule has 0 saturated heterocycles. The number of aromatic nitrogens is 3. The molecule has 0 aliphatic heterocycles. The molecule has 0 fully saturated rings. The van der Waals surface area contributed by atoms with Crippen LogP contribution in [0, 0.1) is 32.1 Å². The molecule has 0 radical (unpaired) electrons. The third-order valence-corrected chi connectivity index (χ3v) is 5.60. The summed E-state index contributed by atoms with van der Waals surface area (Å²) in [7, 11) is 0. The molecule has 30 heavy (non-hydrogen) atoms. The molecule has 2 aromatic heterocycles. The molecule has 0 atom stereocenters. The van der Waals surface area contributed by atoms with Crippen molar-refractivity contribution in [1.29, 1.82) is 5.26 Å². The van der Waals surface area contributed by atoms with Crippen molar-refractivity contribution in [3.8, 4) is 11.8 Å². The van der Waals surface area contributed by atoms with Gasteiger partial charge in [0, 0.05) is 21.5 Å². The van der Waals surface area contributed by atoms with Crippen LogP contribution < -0.4 is 5.56 Å². The maximum atomic E-state index is 12.5. The Kier molecular flexibility index (Phi) is 5.15. The number of fused-ring (bicyclic) bond motifs is 1. The molecule has 0 amide bonds. The van der Waals surface area contributed by atoms with Crippen molar-refractivity contribution in [2.75, 3.05) is 0 Å². The maximum Gasteiger partial charge on any atom is 0.259 e. The molecule has 0 aliphatic rings. The molecule has 2 aromatic carbocycles. The first kappa shape index (κ1) is 19.9. The quantitative estimate of drug-likeness (QED) is 0.413. The van der Waals surface area contributed by atoms with Gasteiger partial charge in [0.25, 0.3) is 5.56 Å². The van der Waals surface area contributed by atoms with Gasteiger partial charge in [0.15, 0.2) is 5.82 Å². The number of benzene rings is 2. The summed E-state index contributed by atoms with van der Waals surface area (Å²) in [6.07, 6.45) is 1.77. The Hall–Kier alpha value is -3.43. The molecule has 2 heterocycles. The minimum atomic E-state index is -0.275. The number of allylic oxidation sites excluding steroid dienone is 1. The van der Waals surface area contributed by atoms with E-state index in [1.807, 2.05) is 26.0 Å². The lowest BCUT2D eigenvalue weighted by molar-refractivity contribution is 0.963. The van der Waals surface area contributed by atoms with Crippen LogP contribution in [0.2, 0.25) is 0 Å². The first-order chi connectivity index (χ1) is 14.4. The zero-order valence-corrected chi connectivity index (χ0v) is 18.4. The second-order valence-electron chi connectivity index (χ2n) is 7.24. The standard InChI is InChI=1S/C24H19BrN4O/c1-14-4-7-20(8-5-14)29-15(2)10-17(16(29)3)11-18(13-26)23-27-22-9-6-19(25)12-21(22)24(30)28-23/h4-12H,1-3H3,(H,27,28,30)/b18-11+. The number of hydrogen-bond donors (Lipinski definition) is 1. The number of aromatic amines is 1. The van der Waals surface area contributed by atoms with Crippen molar-refractivity contribution in [3.05, 3.63) is 91.7 Å². The number of rotatable bonds is 3. The predicted octanol–water partition coefficient (Wildman–Crippen LogP) is 5.47. The number of nitrogens with zero attached hydrogens (tertiary/aromatic N) is 3. The third-order valence-electron chi connectivity index (χ3n) is 5.11. The Morgan fingerprint density at radius 1 is 1.13 bits per heavy atom. The largest absolute Gasteiger partial charge is 0.318 e. The van der Waals surface area contributed by atoms with Gasteiger partial charge in [-0.15, -0.1) is 0 Å². The van der Waals surface area contributed by atoms with Crippen LogP contribution in [0.25, 0.3) is 28.2 Å². The lowest BCUT2D eigenvalue weighted by Crippen LogP contribution is -2.11. The normalized spacial score (nSPS) is 11.6. The van der Waals surface area contributed by atoms with Gasteiger partial charge in [-0.3, -0.25) is 4.79 Å². The fourth-order valence-corrected chi connectivity index (χ4v) is 3.93. The maximum absolute atomic E-state index is 12.5. The van der Waals surface area contributed by atoms with Gasteiger partial charge < -0.3 is 9.55 Å². The van der Waals surface area contributed by atoms with E-state index in [0.29, 0.717) is 16.5 Å². The van der Waals surface area contributed by atoms with E-state index in [-0.39, 0.29) is 11.4 Å². The van der Waals surface area contributed by atoms with Crippen LogP contribution in [-0.2, 0) is 0 Å². The van der Waals surface area contributed by atoms with E-state index in [1.165, 1.54) is 5.56 Å². The highest BCUT2D eigenvalue weighted by atomic mass is 79.9. The smallest absolute Gasteiger partial charge is 0.259 e. The number of halogens is 1. The van der Waals surface area contributed by atoms with E-state index in [4.69, 9.17) is 0 Å². The van der Waals surface area contributed by atoms with E-state index in [1.54, 1.807) is 18.2 Å². The molecule has 148 valence electrons. The van der Waals surface area contributed by atoms with Crippen molar-refractivity contribution in [1.82, 2.24) is 14.5 Å². The van der Waals surface area contributed by atoms with Crippen LogP contribution >= 0.6 is 15.9 Å². The summed E-state index contributed by atoms with van der Waals surface area (Å²) in [5, 5.41) is 10.2. The van der Waals surface area contributed by atoms with E-state index in [0.717, 1.165) is 27.1 Å². The molecule has 6 heteroatoms. The van der Waals surface area contributed by atoms with Crippen molar-refractivity contribution in [2.45, 2.75) is 20.8 Å². The Labute approximate surface area is 182 Å². The van der Waals surface area contributed by atoms with Crippen LogP contribution in [0.4, 0.5) is 0 Å². The molecule has 4 aromatic rings. The van der Waals surface area contributed by atoms with Gasteiger partial charge in [0.05, 0.1) is 16.5 Å². The van der Waals surface area contributed by atoms with Gasteiger partial charge in [0.2, 0.25) is 0 Å². The van der Waals surface area contributed by atoms with Gasteiger partial charge in [0.1, 0.15) is 6.07 Å². The van der Waals surface area contributed by atoms with E-state index in [9.17, 15) is 10.1 Å². The SMILES string of the molecule is Cc1ccc(-n2c(C)cc(/C=C(\C#N)c3nc4ccc(Br)cc4c(=O)[nH]3)c2C)cc1. The second-order valence-corrected chi connectivity index (χ2v) is 8.16. The number of hydrogen-bond acceptors (Lipinski definition) is 3. The van der Waals surface area contributed by atoms with E-state index >= 15 is 0 Å². The molecular formula is C24H19BrN4O. The Bertz CT molecular complexity index is 1400. The zero-order chi connectivity index (χ0) is 21.4. The van der Waals surface area contributed by atoms with E-state index in [2.05, 4.69) is 67.7 Å². The first-order valence-corrected chi connectivity index (χ1v) is 10.2. The van der Waals surface area contributed by atoms with Crippen LogP contribution in [0.15, 0.2) is 57.8 Å². The van der Waals surface area contributed by atoms with Crippen molar-refractivity contribution < 1.29 is 0 Å². The average Bonchev–Trinajstić information content (AvgIpc) is 3.00. The Balaban J connectivity index is 1.83. The molecule has 5 nitrogen and oxygen atoms in total. The molecule has 0 saturated carbocycles. The number of aryl methyl sites for hydroxylation is 2. The summed E-state index contributed by atoms with van der Waals surface area (Å²) in [6.45, 7) is 6.11. The fourth-order valence-electron chi connectivity index (χ4n) is 3.57. The molecule has 0 spiro atoms. The minimum Gasteiger partial charge on any atom is -0.318 e. The van der Waals surface area contributed by atoms with Gasteiger partial charge in [-0.2, -0.15) is 5.26 Å². The summed E-state index contributed by atoms with van der Waals surface area (Å²) >= 11 is 3.37. The summed E-state index contributed by atoms with van der Waals surface area (Å²) in [5.41, 5.74) is 5.82. The first-order valence-electron chi connectivity index (χ1n) is 9.45. The van der Waals surface area contributed by atoms with Gasteiger partial charge in [-0.25, -0.2) is 4.98 Å². The highest BCUT2D eigenvalue weighted by molar-refractivity contribution is 9.10. The highest BCUT2D eigenvalue weighted by Gasteiger charge is 2.13. The molecule has 0 aliphatic carbocycles. The van der Waals surface area contributed by atoms with Crippen LogP contribution in [0.1, 0.15) is 28.3 Å². The fraction of sp³-hybridized carbons (Fsp3) is 0.125. The Morgan fingerprint density at radius 2 is 1.87 bits per heavy atom. The average molecular weight is 459 g/mol.